The molecule has 1 saturated heterocycles. The fourth-order valence-electron chi connectivity index (χ4n) is 5.86. The molecule has 0 saturated carbocycles. The van der Waals surface area contributed by atoms with Crippen LogP contribution in [0, 0.1) is 19.7 Å². The number of benzene rings is 4. The number of carbonyl (C=O) groups excluding carboxylic acids is 1. The van der Waals surface area contributed by atoms with Gasteiger partial charge in [0.2, 0.25) is 11.8 Å². The summed E-state index contributed by atoms with van der Waals surface area (Å²) in [5.74, 6) is 1.89. The van der Waals surface area contributed by atoms with E-state index in [0.29, 0.717) is 52.7 Å². The molecule has 2 heterocycles. The molecule has 268 valence electrons. The van der Waals surface area contributed by atoms with Crippen molar-refractivity contribution in [1.82, 2.24) is 14.8 Å². The second-order valence-corrected chi connectivity index (χ2v) is 13.5. The zero-order chi connectivity index (χ0) is 36.5. The first-order chi connectivity index (χ1) is 25.2. The van der Waals surface area contributed by atoms with E-state index in [2.05, 4.69) is 34.1 Å². The van der Waals surface area contributed by atoms with Crippen LogP contribution in [0.4, 0.5) is 4.39 Å². The second kappa shape index (κ2) is 17.6. The van der Waals surface area contributed by atoms with Crippen LogP contribution in [0.2, 0.25) is 10.0 Å². The maximum atomic E-state index is 13.8. The summed E-state index contributed by atoms with van der Waals surface area (Å²) in [5, 5.41) is 1.10. The molecule has 0 aliphatic carbocycles. The van der Waals surface area contributed by atoms with Gasteiger partial charge in [0.25, 0.3) is 0 Å². The lowest BCUT2D eigenvalue weighted by atomic mass is 10.1. The van der Waals surface area contributed by atoms with Gasteiger partial charge in [-0.1, -0.05) is 59.6 Å². The Hall–Kier alpha value is -4.89. The van der Waals surface area contributed by atoms with Crippen LogP contribution in [-0.2, 0) is 24.4 Å². The first kappa shape index (κ1) is 36.9. The van der Waals surface area contributed by atoms with Gasteiger partial charge >= 0.3 is 0 Å². The van der Waals surface area contributed by atoms with Crippen molar-refractivity contribution in [2.75, 3.05) is 32.8 Å². The molecule has 0 radical (unpaired) electrons. The largest absolute Gasteiger partial charge is 0.493 e. The molecule has 7 nitrogen and oxygen atoms in total. The number of aromatic nitrogens is 1. The third-order valence-electron chi connectivity index (χ3n) is 8.95. The van der Waals surface area contributed by atoms with Gasteiger partial charge < -0.3 is 19.1 Å². The van der Waals surface area contributed by atoms with Gasteiger partial charge in [-0.2, -0.15) is 0 Å². The number of piperazine rings is 1. The SMILES string of the molecule is Cc1cc(C=CC(=O)N2CCN(Cc3ccc(CCOc4ccc(Cl)cc4)cc3)CC2)cc(Cl)c1Oc1ccc(OCc2cccc(F)c2C)cn1. The number of hydrogen-bond acceptors (Lipinski definition) is 6. The van der Waals surface area contributed by atoms with Crippen LogP contribution in [0.3, 0.4) is 0 Å². The van der Waals surface area contributed by atoms with Gasteiger partial charge in [-0.15, -0.1) is 0 Å². The van der Waals surface area contributed by atoms with Crippen LogP contribution in [0.1, 0.15) is 33.4 Å². The molecule has 1 aromatic heterocycles. The summed E-state index contributed by atoms with van der Waals surface area (Å²) in [5.41, 5.74) is 5.40. The lowest BCUT2D eigenvalue weighted by Gasteiger charge is -2.34. The van der Waals surface area contributed by atoms with Crippen LogP contribution in [0.15, 0.2) is 103 Å². The van der Waals surface area contributed by atoms with Gasteiger partial charge in [-0.25, -0.2) is 9.37 Å². The average molecular weight is 741 g/mol. The van der Waals surface area contributed by atoms with E-state index in [1.54, 1.807) is 49.5 Å². The number of nitrogens with zero attached hydrogens (tertiary/aromatic N) is 3. The van der Waals surface area contributed by atoms with E-state index in [9.17, 15) is 9.18 Å². The van der Waals surface area contributed by atoms with Gasteiger partial charge in [-0.3, -0.25) is 9.69 Å². The quantitative estimate of drug-likeness (QED) is 0.112. The predicted octanol–water partition coefficient (Wildman–Crippen LogP) is 9.49. The van der Waals surface area contributed by atoms with Crippen molar-refractivity contribution in [3.8, 4) is 23.1 Å². The molecular weight excluding hydrogens is 700 g/mol. The van der Waals surface area contributed by atoms with Gasteiger partial charge in [0, 0.05) is 56.3 Å². The zero-order valence-corrected chi connectivity index (χ0v) is 30.7. The summed E-state index contributed by atoms with van der Waals surface area (Å²) in [7, 11) is 0. The molecule has 52 heavy (non-hydrogen) atoms. The van der Waals surface area contributed by atoms with Crippen LogP contribution < -0.4 is 14.2 Å². The molecule has 1 aliphatic heterocycles. The van der Waals surface area contributed by atoms with Crippen LogP contribution in [-0.4, -0.2) is 53.5 Å². The van der Waals surface area contributed by atoms with Crippen LogP contribution in [0.25, 0.3) is 6.08 Å². The Labute approximate surface area is 314 Å². The lowest BCUT2D eigenvalue weighted by Crippen LogP contribution is -2.47. The highest BCUT2D eigenvalue weighted by Crippen LogP contribution is 2.34. The summed E-state index contributed by atoms with van der Waals surface area (Å²) in [4.78, 5) is 21.6. The van der Waals surface area contributed by atoms with Crippen LogP contribution >= 0.6 is 23.2 Å². The third kappa shape index (κ3) is 10.1. The van der Waals surface area contributed by atoms with E-state index in [1.165, 1.54) is 17.2 Å². The van der Waals surface area contributed by atoms with Crippen molar-refractivity contribution < 1.29 is 23.4 Å². The maximum Gasteiger partial charge on any atom is 0.246 e. The molecule has 0 N–H and O–H groups in total. The van der Waals surface area contributed by atoms with Crippen molar-refractivity contribution in [3.63, 3.8) is 0 Å². The highest BCUT2D eigenvalue weighted by atomic mass is 35.5. The number of hydrogen-bond donors (Lipinski definition) is 0. The minimum Gasteiger partial charge on any atom is -0.493 e. The normalized spacial score (nSPS) is 13.4. The standard InChI is InChI=1S/C42H40Cl2FN3O4/c1-29-24-33(25-38(44)42(29)52-40-16-15-37(26-46-40)51-28-34-4-3-5-39(45)30(34)2)10-17-41(49)48-21-19-47(20-22-48)27-32-8-6-31(7-9-32)18-23-50-36-13-11-35(43)12-14-36/h3-17,24-26H,18-23,27-28H2,1-2H3. The molecule has 1 amide bonds. The smallest absolute Gasteiger partial charge is 0.246 e. The zero-order valence-electron chi connectivity index (χ0n) is 29.2. The minimum absolute atomic E-state index is 0.0296. The monoisotopic (exact) mass is 739 g/mol. The fourth-order valence-corrected chi connectivity index (χ4v) is 6.30. The maximum absolute atomic E-state index is 13.8. The highest BCUT2D eigenvalue weighted by Gasteiger charge is 2.20. The minimum atomic E-state index is -0.263. The Bertz CT molecular complexity index is 1970. The van der Waals surface area contributed by atoms with Gasteiger partial charge in [0.1, 0.15) is 23.9 Å². The number of halogens is 3. The first-order valence-corrected chi connectivity index (χ1v) is 17.9. The van der Waals surface area contributed by atoms with Crippen molar-refractivity contribution in [1.29, 1.82) is 0 Å². The topological polar surface area (TPSA) is 64.1 Å². The third-order valence-corrected chi connectivity index (χ3v) is 9.48. The Kier molecular flexibility index (Phi) is 12.5. The van der Waals surface area contributed by atoms with E-state index in [4.69, 9.17) is 37.4 Å². The molecule has 10 heteroatoms. The van der Waals surface area contributed by atoms with E-state index in [1.807, 2.05) is 48.2 Å². The molecule has 4 aromatic carbocycles. The van der Waals surface area contributed by atoms with Gasteiger partial charge in [-0.05, 0) is 102 Å². The number of aryl methyl sites for hydroxylation is 1. The number of rotatable bonds is 13. The highest BCUT2D eigenvalue weighted by molar-refractivity contribution is 6.32. The molecular formula is C42H40Cl2FN3O4. The predicted molar refractivity (Wildman–Crippen MR) is 204 cm³/mol. The Balaban J connectivity index is 0.937. The molecule has 0 bridgehead atoms. The molecule has 0 atom stereocenters. The summed E-state index contributed by atoms with van der Waals surface area (Å²) >= 11 is 12.6. The Morgan fingerprint density at radius 2 is 1.60 bits per heavy atom. The van der Waals surface area contributed by atoms with Crippen molar-refractivity contribution in [3.05, 3.63) is 153 Å². The Morgan fingerprint density at radius 3 is 2.31 bits per heavy atom. The van der Waals surface area contributed by atoms with E-state index in [-0.39, 0.29) is 18.3 Å². The molecule has 1 aliphatic rings. The van der Waals surface area contributed by atoms with Crippen molar-refractivity contribution in [2.45, 2.75) is 33.4 Å². The fraction of sp³-hybridized carbons (Fsp3) is 0.238. The lowest BCUT2D eigenvalue weighted by molar-refractivity contribution is -0.127. The Morgan fingerprint density at radius 1 is 0.865 bits per heavy atom. The van der Waals surface area contributed by atoms with E-state index < -0.39 is 0 Å². The molecule has 6 rings (SSSR count). The summed E-state index contributed by atoms with van der Waals surface area (Å²) in [6.07, 6.45) is 5.76. The number of pyridine rings is 1. The van der Waals surface area contributed by atoms with E-state index in [0.717, 1.165) is 48.5 Å². The molecule has 0 unspecified atom stereocenters. The first-order valence-electron chi connectivity index (χ1n) is 17.2. The summed E-state index contributed by atoms with van der Waals surface area (Å²) in [6.45, 7) is 8.23. The number of ether oxygens (including phenoxy) is 3. The van der Waals surface area contributed by atoms with Crippen LogP contribution in [0.5, 0.6) is 23.1 Å². The molecule has 1 fully saturated rings. The average Bonchev–Trinajstić information content (AvgIpc) is 3.15. The van der Waals surface area contributed by atoms with Crippen molar-refractivity contribution in [2.24, 2.45) is 0 Å². The van der Waals surface area contributed by atoms with Crippen molar-refractivity contribution >= 4 is 35.2 Å². The van der Waals surface area contributed by atoms with E-state index >= 15 is 0 Å². The molecule has 5 aromatic rings. The number of amides is 1. The molecule has 0 spiro atoms. The summed E-state index contributed by atoms with van der Waals surface area (Å²) < 4.78 is 31.4. The number of carbonyl (C=O) groups is 1. The van der Waals surface area contributed by atoms with Gasteiger partial charge in [0.15, 0.2) is 5.75 Å². The summed E-state index contributed by atoms with van der Waals surface area (Å²) in [6, 6.07) is 28.1. The second-order valence-electron chi connectivity index (χ2n) is 12.7. The van der Waals surface area contributed by atoms with Gasteiger partial charge in [0.05, 0.1) is 17.8 Å².